The number of rotatable bonds is 5. The number of aliphatic imine (C=N–C) groups is 1. The van der Waals surface area contributed by atoms with Gasteiger partial charge in [-0.05, 0) is 25.3 Å². The van der Waals surface area contributed by atoms with Crippen molar-refractivity contribution in [3.8, 4) is 11.8 Å². The standard InChI is InChI=1S/C13H20N4O2/c1-18-11-7-6-9(12(17-11)19-2)8-15-13(14)16-10-4-3-5-10/h6-7,10H,3-5,8H2,1-2H3,(H3,14,15,16). The molecule has 0 saturated heterocycles. The molecule has 0 radical (unpaired) electrons. The quantitative estimate of drug-likeness (QED) is 0.614. The van der Waals surface area contributed by atoms with E-state index < -0.39 is 0 Å². The zero-order valence-electron chi connectivity index (χ0n) is 11.3. The lowest BCUT2D eigenvalue weighted by molar-refractivity contribution is 0.361. The van der Waals surface area contributed by atoms with Crippen LogP contribution < -0.4 is 20.5 Å². The number of methoxy groups -OCH3 is 2. The van der Waals surface area contributed by atoms with Crippen LogP contribution in [-0.2, 0) is 6.54 Å². The maximum atomic E-state index is 5.83. The molecule has 0 amide bonds. The normalized spacial score (nSPS) is 15.8. The van der Waals surface area contributed by atoms with Crippen LogP contribution in [0.5, 0.6) is 11.8 Å². The Balaban J connectivity index is 1.99. The van der Waals surface area contributed by atoms with Gasteiger partial charge in [-0.25, -0.2) is 4.99 Å². The molecule has 3 N–H and O–H groups in total. The monoisotopic (exact) mass is 264 g/mol. The summed E-state index contributed by atoms with van der Waals surface area (Å²) in [7, 11) is 3.14. The van der Waals surface area contributed by atoms with Crippen LogP contribution >= 0.6 is 0 Å². The van der Waals surface area contributed by atoms with Gasteiger partial charge in [0.25, 0.3) is 0 Å². The van der Waals surface area contributed by atoms with Crippen molar-refractivity contribution in [3.05, 3.63) is 17.7 Å². The van der Waals surface area contributed by atoms with Crippen LogP contribution in [0.15, 0.2) is 17.1 Å². The van der Waals surface area contributed by atoms with E-state index in [1.54, 1.807) is 20.3 Å². The van der Waals surface area contributed by atoms with Crippen molar-refractivity contribution in [2.75, 3.05) is 14.2 Å². The van der Waals surface area contributed by atoms with E-state index in [4.69, 9.17) is 15.2 Å². The van der Waals surface area contributed by atoms with Crippen LogP contribution in [0.2, 0.25) is 0 Å². The van der Waals surface area contributed by atoms with Gasteiger partial charge in [0.15, 0.2) is 5.96 Å². The number of nitrogens with one attached hydrogen (secondary N) is 1. The second kappa shape index (κ2) is 6.26. The Morgan fingerprint density at radius 3 is 2.79 bits per heavy atom. The minimum Gasteiger partial charge on any atom is -0.481 e. The van der Waals surface area contributed by atoms with Gasteiger partial charge >= 0.3 is 0 Å². The van der Waals surface area contributed by atoms with E-state index in [1.165, 1.54) is 19.3 Å². The third-order valence-corrected chi connectivity index (χ3v) is 3.19. The molecule has 0 aromatic carbocycles. The van der Waals surface area contributed by atoms with Crippen LogP contribution in [-0.4, -0.2) is 31.2 Å². The van der Waals surface area contributed by atoms with Gasteiger partial charge in [0.1, 0.15) is 0 Å². The van der Waals surface area contributed by atoms with Crippen LogP contribution in [0.4, 0.5) is 0 Å². The van der Waals surface area contributed by atoms with Crippen molar-refractivity contribution in [2.24, 2.45) is 10.7 Å². The molecule has 1 saturated carbocycles. The average molecular weight is 264 g/mol. The number of hydrogen-bond acceptors (Lipinski definition) is 4. The number of hydrogen-bond donors (Lipinski definition) is 2. The lowest BCUT2D eigenvalue weighted by Gasteiger charge is -2.26. The van der Waals surface area contributed by atoms with Crippen molar-refractivity contribution in [1.82, 2.24) is 10.3 Å². The number of nitrogens with two attached hydrogens (primary N) is 1. The summed E-state index contributed by atoms with van der Waals surface area (Å²) >= 11 is 0. The minimum atomic E-state index is 0.436. The van der Waals surface area contributed by atoms with Crippen molar-refractivity contribution in [1.29, 1.82) is 0 Å². The van der Waals surface area contributed by atoms with E-state index in [2.05, 4.69) is 15.3 Å². The molecule has 6 heteroatoms. The van der Waals surface area contributed by atoms with Gasteiger partial charge in [-0.1, -0.05) is 0 Å². The van der Waals surface area contributed by atoms with Gasteiger partial charge in [-0.2, -0.15) is 4.98 Å². The van der Waals surface area contributed by atoms with Crippen LogP contribution in [0, 0.1) is 0 Å². The van der Waals surface area contributed by atoms with E-state index in [1.807, 2.05) is 6.07 Å². The molecule has 0 aliphatic heterocycles. The maximum Gasteiger partial charge on any atom is 0.221 e. The molecule has 0 unspecified atom stereocenters. The first-order valence-corrected chi connectivity index (χ1v) is 6.37. The average Bonchev–Trinajstić information content (AvgIpc) is 2.40. The third kappa shape index (κ3) is 3.49. The smallest absolute Gasteiger partial charge is 0.221 e. The Morgan fingerprint density at radius 2 is 2.21 bits per heavy atom. The van der Waals surface area contributed by atoms with E-state index in [0.717, 1.165) is 5.56 Å². The fourth-order valence-corrected chi connectivity index (χ4v) is 1.84. The molecule has 104 valence electrons. The van der Waals surface area contributed by atoms with E-state index in [9.17, 15) is 0 Å². The topological polar surface area (TPSA) is 81.8 Å². The molecule has 0 bridgehead atoms. The molecule has 1 aliphatic carbocycles. The number of nitrogens with zero attached hydrogens (tertiary/aromatic N) is 2. The fraction of sp³-hybridized carbons (Fsp3) is 0.538. The summed E-state index contributed by atoms with van der Waals surface area (Å²) in [6.07, 6.45) is 3.61. The Kier molecular flexibility index (Phi) is 4.43. The molecule has 6 nitrogen and oxygen atoms in total. The van der Waals surface area contributed by atoms with E-state index >= 15 is 0 Å². The first-order chi connectivity index (χ1) is 9.22. The summed E-state index contributed by atoms with van der Waals surface area (Å²) < 4.78 is 10.3. The summed E-state index contributed by atoms with van der Waals surface area (Å²) in [5, 5.41) is 3.19. The van der Waals surface area contributed by atoms with Crippen molar-refractivity contribution >= 4 is 5.96 Å². The molecule has 1 fully saturated rings. The molecule has 0 atom stereocenters. The molecule has 0 spiro atoms. The van der Waals surface area contributed by atoms with E-state index in [0.29, 0.717) is 30.3 Å². The zero-order valence-corrected chi connectivity index (χ0v) is 11.3. The molecule has 2 rings (SSSR count). The highest BCUT2D eigenvalue weighted by atomic mass is 16.5. The van der Waals surface area contributed by atoms with Gasteiger partial charge in [-0.3, -0.25) is 0 Å². The van der Waals surface area contributed by atoms with Crippen molar-refractivity contribution < 1.29 is 9.47 Å². The van der Waals surface area contributed by atoms with Crippen molar-refractivity contribution in [3.63, 3.8) is 0 Å². The Bertz CT molecular complexity index is 458. The molecule has 1 aliphatic rings. The number of guanidine groups is 1. The molecular formula is C13H20N4O2. The van der Waals surface area contributed by atoms with Crippen LogP contribution in [0.3, 0.4) is 0 Å². The number of pyridine rings is 1. The van der Waals surface area contributed by atoms with Crippen LogP contribution in [0.25, 0.3) is 0 Å². The predicted octanol–water partition coefficient (Wildman–Crippen LogP) is 1.06. The summed E-state index contributed by atoms with van der Waals surface area (Å²) in [5.74, 6) is 1.51. The first kappa shape index (κ1) is 13.5. The number of ether oxygens (including phenoxy) is 2. The van der Waals surface area contributed by atoms with Gasteiger partial charge < -0.3 is 20.5 Å². The molecule has 1 aromatic heterocycles. The lowest BCUT2D eigenvalue weighted by atomic mass is 9.93. The molecule has 1 heterocycles. The van der Waals surface area contributed by atoms with Crippen LogP contribution in [0.1, 0.15) is 24.8 Å². The lowest BCUT2D eigenvalue weighted by Crippen LogP contribution is -2.43. The Hall–Kier alpha value is -1.98. The molecule has 19 heavy (non-hydrogen) atoms. The van der Waals surface area contributed by atoms with Gasteiger partial charge in [0.05, 0.1) is 20.8 Å². The van der Waals surface area contributed by atoms with Crippen molar-refractivity contribution in [2.45, 2.75) is 31.8 Å². The summed E-state index contributed by atoms with van der Waals surface area (Å²) in [6, 6.07) is 4.15. The highest BCUT2D eigenvalue weighted by Crippen LogP contribution is 2.20. The predicted molar refractivity (Wildman–Crippen MR) is 73.4 cm³/mol. The van der Waals surface area contributed by atoms with Gasteiger partial charge in [0.2, 0.25) is 11.8 Å². The second-order valence-electron chi connectivity index (χ2n) is 4.50. The van der Waals surface area contributed by atoms with E-state index in [-0.39, 0.29) is 0 Å². The third-order valence-electron chi connectivity index (χ3n) is 3.19. The molecule has 1 aromatic rings. The summed E-state index contributed by atoms with van der Waals surface area (Å²) in [4.78, 5) is 8.50. The minimum absolute atomic E-state index is 0.436. The first-order valence-electron chi connectivity index (χ1n) is 6.37. The summed E-state index contributed by atoms with van der Waals surface area (Å²) in [6.45, 7) is 0.436. The van der Waals surface area contributed by atoms with Gasteiger partial charge in [-0.15, -0.1) is 0 Å². The highest BCUT2D eigenvalue weighted by Gasteiger charge is 2.17. The SMILES string of the molecule is COc1ccc(CN=C(N)NC2CCC2)c(OC)n1. The zero-order chi connectivity index (χ0) is 13.7. The summed E-state index contributed by atoms with van der Waals surface area (Å²) in [5.41, 5.74) is 6.71. The van der Waals surface area contributed by atoms with Gasteiger partial charge in [0, 0.05) is 17.7 Å². The maximum absolute atomic E-state index is 5.83. The number of aromatic nitrogens is 1. The highest BCUT2D eigenvalue weighted by molar-refractivity contribution is 5.78. The molecular weight excluding hydrogens is 244 g/mol. The largest absolute Gasteiger partial charge is 0.481 e. The Morgan fingerprint density at radius 1 is 1.42 bits per heavy atom. The fourth-order valence-electron chi connectivity index (χ4n) is 1.84. The second-order valence-corrected chi connectivity index (χ2v) is 4.50. The Labute approximate surface area is 113 Å².